The molecule has 4 nitrogen and oxygen atoms in total. The zero-order chi connectivity index (χ0) is 15.4. The van der Waals surface area contributed by atoms with Crippen LogP contribution in [0.4, 0.5) is 20.2 Å². The van der Waals surface area contributed by atoms with Gasteiger partial charge in [-0.3, -0.25) is 10.1 Å². The molecule has 0 aliphatic heterocycles. The first kappa shape index (κ1) is 15.6. The maximum absolute atomic E-state index is 13.5. The molecular weight excluding hydrogens is 393 g/mol. The van der Waals surface area contributed by atoms with Crippen molar-refractivity contribution in [1.82, 2.24) is 0 Å². The zero-order valence-corrected chi connectivity index (χ0v) is 12.9. The van der Waals surface area contributed by atoms with Gasteiger partial charge in [0, 0.05) is 18.7 Å². The zero-order valence-electron chi connectivity index (χ0n) is 10.8. The highest BCUT2D eigenvalue weighted by Gasteiger charge is 2.17. The van der Waals surface area contributed by atoms with Gasteiger partial charge >= 0.3 is 0 Å². The summed E-state index contributed by atoms with van der Waals surface area (Å²) in [5, 5.41) is 13.8. The molecular formula is C14H11F2IN2O2. The lowest BCUT2D eigenvalue weighted by molar-refractivity contribution is -0.384. The van der Waals surface area contributed by atoms with E-state index in [9.17, 15) is 18.9 Å². The van der Waals surface area contributed by atoms with Crippen LogP contribution in [0, 0.1) is 25.3 Å². The van der Waals surface area contributed by atoms with Gasteiger partial charge in [-0.05, 0) is 46.7 Å². The highest BCUT2D eigenvalue weighted by Crippen LogP contribution is 2.28. The number of benzene rings is 2. The molecule has 0 aliphatic carbocycles. The molecule has 0 saturated carbocycles. The molecule has 0 heterocycles. The SMILES string of the molecule is O=[N+]([O-])c1cc(I)c(F)cc1NCCc1ccc(F)cc1. The third kappa shape index (κ3) is 4.10. The van der Waals surface area contributed by atoms with Gasteiger partial charge in [-0.1, -0.05) is 12.1 Å². The Morgan fingerprint density at radius 1 is 1.19 bits per heavy atom. The second-order valence-corrected chi connectivity index (χ2v) is 5.51. The number of rotatable bonds is 5. The quantitative estimate of drug-likeness (QED) is 0.463. The monoisotopic (exact) mass is 404 g/mol. The topological polar surface area (TPSA) is 55.2 Å². The predicted octanol–water partition coefficient (Wildman–Crippen LogP) is 4.13. The van der Waals surface area contributed by atoms with Crippen LogP contribution in [0.1, 0.15) is 5.56 Å². The van der Waals surface area contributed by atoms with E-state index in [-0.39, 0.29) is 20.8 Å². The summed E-state index contributed by atoms with van der Waals surface area (Å²) in [6, 6.07) is 8.28. The molecule has 0 unspecified atom stereocenters. The fourth-order valence-electron chi connectivity index (χ4n) is 1.82. The third-order valence-electron chi connectivity index (χ3n) is 2.88. The second-order valence-electron chi connectivity index (χ2n) is 4.34. The van der Waals surface area contributed by atoms with Gasteiger partial charge in [0.25, 0.3) is 5.69 Å². The average molecular weight is 404 g/mol. The third-order valence-corrected chi connectivity index (χ3v) is 3.70. The maximum atomic E-state index is 13.5. The maximum Gasteiger partial charge on any atom is 0.293 e. The first-order valence-corrected chi connectivity index (χ1v) is 7.17. The van der Waals surface area contributed by atoms with E-state index >= 15 is 0 Å². The van der Waals surface area contributed by atoms with E-state index in [4.69, 9.17) is 0 Å². The summed E-state index contributed by atoms with van der Waals surface area (Å²) in [4.78, 5) is 10.4. The lowest BCUT2D eigenvalue weighted by atomic mass is 10.1. The van der Waals surface area contributed by atoms with E-state index in [1.165, 1.54) is 18.2 Å². The molecule has 0 radical (unpaired) electrons. The van der Waals surface area contributed by atoms with Crippen LogP contribution in [0.25, 0.3) is 0 Å². The molecule has 0 spiro atoms. The Labute approximate surface area is 133 Å². The van der Waals surface area contributed by atoms with Crippen molar-refractivity contribution in [2.75, 3.05) is 11.9 Å². The molecule has 0 aromatic heterocycles. The number of halogens is 3. The molecule has 0 fully saturated rings. The number of hydrogen-bond donors (Lipinski definition) is 1. The van der Waals surface area contributed by atoms with Crippen molar-refractivity contribution in [1.29, 1.82) is 0 Å². The molecule has 0 amide bonds. The van der Waals surface area contributed by atoms with Crippen LogP contribution in [0.3, 0.4) is 0 Å². The first-order chi connectivity index (χ1) is 9.97. The van der Waals surface area contributed by atoms with Crippen molar-refractivity contribution in [2.24, 2.45) is 0 Å². The minimum Gasteiger partial charge on any atom is -0.379 e. The van der Waals surface area contributed by atoms with E-state index in [1.807, 2.05) is 0 Å². The number of hydrogen-bond acceptors (Lipinski definition) is 3. The fraction of sp³-hybridized carbons (Fsp3) is 0.143. The number of nitrogens with one attached hydrogen (secondary N) is 1. The average Bonchev–Trinajstić information content (AvgIpc) is 2.44. The van der Waals surface area contributed by atoms with Gasteiger partial charge in [0.15, 0.2) is 0 Å². The highest BCUT2D eigenvalue weighted by atomic mass is 127. The van der Waals surface area contributed by atoms with E-state index in [2.05, 4.69) is 5.32 Å². The van der Waals surface area contributed by atoms with Crippen LogP contribution in [-0.4, -0.2) is 11.5 Å². The van der Waals surface area contributed by atoms with Crippen LogP contribution in [-0.2, 0) is 6.42 Å². The van der Waals surface area contributed by atoms with Crippen molar-refractivity contribution in [3.8, 4) is 0 Å². The standard InChI is InChI=1S/C14H11F2IN2O2/c15-10-3-1-9(2-4-10)5-6-18-13-7-11(16)12(17)8-14(13)19(20)21/h1-4,7-8,18H,5-6H2. The van der Waals surface area contributed by atoms with Crippen LogP contribution >= 0.6 is 22.6 Å². The summed E-state index contributed by atoms with van der Waals surface area (Å²) in [7, 11) is 0. The van der Waals surface area contributed by atoms with Crippen LogP contribution in [0.5, 0.6) is 0 Å². The van der Waals surface area contributed by atoms with Crippen molar-refractivity contribution in [3.05, 3.63) is 67.3 Å². The second kappa shape index (κ2) is 6.79. The Balaban J connectivity index is 2.07. The molecule has 2 rings (SSSR count). The minimum absolute atomic E-state index is 0.139. The van der Waals surface area contributed by atoms with E-state index in [0.29, 0.717) is 13.0 Å². The molecule has 7 heteroatoms. The molecule has 2 aromatic rings. The highest BCUT2D eigenvalue weighted by molar-refractivity contribution is 14.1. The largest absolute Gasteiger partial charge is 0.379 e. The summed E-state index contributed by atoms with van der Waals surface area (Å²) < 4.78 is 26.5. The van der Waals surface area contributed by atoms with E-state index in [1.54, 1.807) is 34.7 Å². The number of nitro groups is 1. The van der Waals surface area contributed by atoms with Crippen LogP contribution in [0.2, 0.25) is 0 Å². The smallest absolute Gasteiger partial charge is 0.293 e. The number of nitro benzene ring substituents is 1. The van der Waals surface area contributed by atoms with E-state index in [0.717, 1.165) is 11.6 Å². The lowest BCUT2D eigenvalue weighted by Crippen LogP contribution is -2.08. The summed E-state index contributed by atoms with van der Waals surface area (Å²) in [5.74, 6) is -0.826. The van der Waals surface area contributed by atoms with Crippen molar-refractivity contribution < 1.29 is 13.7 Å². The normalized spacial score (nSPS) is 10.4. The summed E-state index contributed by atoms with van der Waals surface area (Å²) in [5.41, 5.74) is 0.859. The molecule has 0 bridgehead atoms. The molecule has 0 saturated heterocycles. The van der Waals surface area contributed by atoms with Crippen molar-refractivity contribution in [2.45, 2.75) is 6.42 Å². The molecule has 110 valence electrons. The predicted molar refractivity (Wildman–Crippen MR) is 84.4 cm³/mol. The summed E-state index contributed by atoms with van der Waals surface area (Å²) >= 11 is 1.71. The first-order valence-electron chi connectivity index (χ1n) is 6.09. The Kier molecular flexibility index (Phi) is 5.05. The Bertz CT molecular complexity index is 663. The Morgan fingerprint density at radius 2 is 1.86 bits per heavy atom. The summed E-state index contributed by atoms with van der Waals surface area (Å²) in [6.07, 6.45) is 0.547. The fourth-order valence-corrected chi connectivity index (χ4v) is 2.27. The molecule has 2 aromatic carbocycles. The molecule has 21 heavy (non-hydrogen) atoms. The molecule has 0 aliphatic rings. The van der Waals surface area contributed by atoms with Gasteiger partial charge in [-0.25, -0.2) is 8.78 Å². The van der Waals surface area contributed by atoms with Crippen LogP contribution in [0.15, 0.2) is 36.4 Å². The number of anilines is 1. The Hall–Kier alpha value is -1.77. The van der Waals surface area contributed by atoms with Gasteiger partial charge in [0.05, 0.1) is 8.49 Å². The van der Waals surface area contributed by atoms with Crippen LogP contribution < -0.4 is 5.32 Å². The van der Waals surface area contributed by atoms with E-state index < -0.39 is 10.7 Å². The van der Waals surface area contributed by atoms with Gasteiger partial charge < -0.3 is 5.32 Å². The van der Waals surface area contributed by atoms with Gasteiger partial charge in [0.1, 0.15) is 17.3 Å². The Morgan fingerprint density at radius 3 is 2.48 bits per heavy atom. The lowest BCUT2D eigenvalue weighted by Gasteiger charge is -2.08. The summed E-state index contributed by atoms with van der Waals surface area (Å²) in [6.45, 7) is 0.381. The van der Waals surface area contributed by atoms with Crippen molar-refractivity contribution in [3.63, 3.8) is 0 Å². The van der Waals surface area contributed by atoms with Crippen molar-refractivity contribution >= 4 is 34.0 Å². The number of nitrogens with zero attached hydrogens (tertiary/aromatic N) is 1. The molecule has 1 N–H and O–H groups in total. The minimum atomic E-state index is -0.554. The van der Waals surface area contributed by atoms with Gasteiger partial charge in [-0.2, -0.15) is 0 Å². The van der Waals surface area contributed by atoms with Gasteiger partial charge in [0.2, 0.25) is 0 Å². The molecule has 0 atom stereocenters. The van der Waals surface area contributed by atoms with Gasteiger partial charge in [-0.15, -0.1) is 0 Å².